The lowest BCUT2D eigenvalue weighted by molar-refractivity contribution is -0.870. The van der Waals surface area contributed by atoms with Crippen LogP contribution >= 0.6 is 7.82 Å². The molecule has 2 unspecified atom stereocenters. The van der Waals surface area contributed by atoms with Crippen LogP contribution in [0.2, 0.25) is 0 Å². The molecule has 0 spiro atoms. The van der Waals surface area contributed by atoms with Crippen LogP contribution in [0, 0.1) is 0 Å². The molecule has 0 rings (SSSR count). The Hall–Kier alpha value is -2.55. The summed E-state index contributed by atoms with van der Waals surface area (Å²) < 4.78 is 34.8. The summed E-state index contributed by atoms with van der Waals surface area (Å²) >= 11 is 0. The molecular weight excluding hydrogens is 1130 g/mol. The highest BCUT2D eigenvalue weighted by atomic mass is 31.2. The molecule has 90 heavy (non-hydrogen) atoms. The first-order valence-electron chi connectivity index (χ1n) is 38.7. The van der Waals surface area contributed by atoms with Crippen molar-refractivity contribution in [3.63, 3.8) is 0 Å². The number of likely N-dealkylation sites (N-methyl/N-ethyl adjacent to an activating group) is 1. The Labute approximate surface area is 559 Å². The number of phosphoric ester groups is 1. The van der Waals surface area contributed by atoms with E-state index in [2.05, 4.69) is 86.8 Å². The Morgan fingerprint density at radius 2 is 0.600 bits per heavy atom. The average molecular weight is 1280 g/mol. The monoisotopic (exact) mass is 1280 g/mol. The van der Waals surface area contributed by atoms with Crippen LogP contribution in [0.15, 0.2) is 72.9 Å². The molecule has 0 saturated carbocycles. The van der Waals surface area contributed by atoms with Crippen LogP contribution in [-0.2, 0) is 32.7 Å². The molecule has 0 fully saturated rings. The molecule has 10 heteroatoms. The Kier molecular flexibility index (Phi) is 68.8. The van der Waals surface area contributed by atoms with E-state index in [9.17, 15) is 19.0 Å². The van der Waals surface area contributed by atoms with Gasteiger partial charge < -0.3 is 18.9 Å². The third-order valence-corrected chi connectivity index (χ3v) is 18.2. The summed E-state index contributed by atoms with van der Waals surface area (Å²) in [5.74, 6) is -0.786. The minimum atomic E-state index is -4.40. The van der Waals surface area contributed by atoms with Crippen molar-refractivity contribution >= 4 is 19.8 Å². The molecule has 0 aromatic rings. The second kappa shape index (κ2) is 70.8. The lowest BCUT2D eigenvalue weighted by Crippen LogP contribution is -2.37. The van der Waals surface area contributed by atoms with Crippen LogP contribution < -0.4 is 0 Å². The maximum atomic E-state index is 12.9. The maximum absolute atomic E-state index is 12.9. The fourth-order valence-corrected chi connectivity index (χ4v) is 12.0. The summed E-state index contributed by atoms with van der Waals surface area (Å²) in [6.07, 6.45) is 96.1. The van der Waals surface area contributed by atoms with Gasteiger partial charge in [-0.25, -0.2) is 4.57 Å². The summed E-state index contributed by atoms with van der Waals surface area (Å²) in [7, 11) is 1.49. The Morgan fingerprint density at radius 1 is 0.344 bits per heavy atom. The number of hydrogen-bond donors (Lipinski definition) is 1. The molecule has 0 amide bonds. The lowest BCUT2D eigenvalue weighted by atomic mass is 10.0. The van der Waals surface area contributed by atoms with E-state index in [1.165, 1.54) is 283 Å². The zero-order chi connectivity index (χ0) is 65.5. The van der Waals surface area contributed by atoms with Crippen molar-refractivity contribution in [3.8, 4) is 0 Å². The van der Waals surface area contributed by atoms with Gasteiger partial charge in [-0.15, -0.1) is 0 Å². The van der Waals surface area contributed by atoms with Crippen LogP contribution in [0.3, 0.4) is 0 Å². The molecule has 0 aliphatic carbocycles. The number of carbonyl (C=O) groups is 2. The molecule has 526 valence electrons. The summed E-state index contributed by atoms with van der Waals surface area (Å²) in [5.41, 5.74) is 0. The molecule has 2 atom stereocenters. The fourth-order valence-electron chi connectivity index (χ4n) is 11.3. The number of hydrogen-bond acceptors (Lipinski definition) is 7. The highest BCUT2D eigenvalue weighted by molar-refractivity contribution is 7.47. The van der Waals surface area contributed by atoms with Crippen LogP contribution in [0.5, 0.6) is 0 Å². The summed E-state index contributed by atoms with van der Waals surface area (Å²) in [4.78, 5) is 35.9. The molecule has 0 aromatic carbocycles. The number of phosphoric acid groups is 1. The number of nitrogens with zero attached hydrogens (tertiary/aromatic N) is 1. The van der Waals surface area contributed by atoms with Crippen LogP contribution in [0.1, 0.15) is 373 Å². The number of ether oxygens (including phenoxy) is 2. The van der Waals surface area contributed by atoms with Crippen molar-refractivity contribution in [2.24, 2.45) is 0 Å². The predicted molar refractivity (Wildman–Crippen MR) is 390 cm³/mol. The van der Waals surface area contributed by atoms with Gasteiger partial charge in [-0.05, 0) is 89.9 Å². The third-order valence-electron chi connectivity index (χ3n) is 17.2. The minimum absolute atomic E-state index is 0.0312. The van der Waals surface area contributed by atoms with Crippen molar-refractivity contribution < 1.29 is 42.1 Å². The standard InChI is InChI=1S/C80H148NO8P/c1-6-8-10-12-14-16-18-20-22-24-26-28-30-32-33-34-35-36-37-38-39-40-41-42-43-44-45-46-47-49-51-53-55-57-59-61-63-65-67-69-71-73-80(83)89-78(77-88-90(84,85)87-75-74-81(3,4)5)76-86-79(82)72-70-68-66-64-62-60-58-56-54-52-50-48-31-29-27-25-23-21-19-17-15-13-11-9-7-2/h18-21,24-27,30-32,48,78H,6-17,22-23,28-29,33-47,49-77H2,1-5H3/p+1/b20-18-,21-19-,26-24-,27-25-,32-30-,48-31-. The quantitative estimate of drug-likeness (QED) is 0.0211. The van der Waals surface area contributed by atoms with E-state index in [1.807, 2.05) is 21.1 Å². The van der Waals surface area contributed by atoms with Crippen molar-refractivity contribution in [3.05, 3.63) is 72.9 Å². The summed E-state index contributed by atoms with van der Waals surface area (Å²) in [6.45, 7) is 4.46. The summed E-state index contributed by atoms with van der Waals surface area (Å²) in [6, 6.07) is 0. The van der Waals surface area contributed by atoms with Gasteiger partial charge in [-0.1, -0.05) is 344 Å². The first-order valence-corrected chi connectivity index (χ1v) is 40.2. The minimum Gasteiger partial charge on any atom is -0.462 e. The van der Waals surface area contributed by atoms with E-state index in [4.69, 9.17) is 18.5 Å². The second-order valence-corrected chi connectivity index (χ2v) is 28.8. The van der Waals surface area contributed by atoms with Gasteiger partial charge in [0.05, 0.1) is 27.7 Å². The van der Waals surface area contributed by atoms with E-state index in [0.717, 1.165) is 57.8 Å². The van der Waals surface area contributed by atoms with Crippen molar-refractivity contribution in [2.45, 2.75) is 380 Å². The fraction of sp³-hybridized carbons (Fsp3) is 0.825. The largest absolute Gasteiger partial charge is 0.472 e. The number of esters is 2. The number of unbranched alkanes of at least 4 members (excludes halogenated alkanes) is 46. The van der Waals surface area contributed by atoms with Gasteiger partial charge in [0, 0.05) is 12.8 Å². The first kappa shape index (κ1) is 87.5. The predicted octanol–water partition coefficient (Wildman–Crippen LogP) is 25.5. The van der Waals surface area contributed by atoms with Crippen LogP contribution in [-0.4, -0.2) is 74.9 Å². The van der Waals surface area contributed by atoms with E-state index in [1.54, 1.807) is 0 Å². The summed E-state index contributed by atoms with van der Waals surface area (Å²) in [5, 5.41) is 0. The molecule has 1 N–H and O–H groups in total. The molecule has 0 aliphatic heterocycles. The number of carbonyl (C=O) groups excluding carboxylic acids is 2. The third kappa shape index (κ3) is 74.5. The zero-order valence-electron chi connectivity index (χ0n) is 60.1. The second-order valence-electron chi connectivity index (χ2n) is 27.4. The smallest absolute Gasteiger partial charge is 0.462 e. The molecular formula is C80H149NO8P+. The van der Waals surface area contributed by atoms with Gasteiger partial charge in [0.15, 0.2) is 6.10 Å². The van der Waals surface area contributed by atoms with Crippen molar-refractivity contribution in [1.29, 1.82) is 0 Å². The molecule has 0 saturated heterocycles. The highest BCUT2D eigenvalue weighted by Gasteiger charge is 2.27. The Bertz CT molecular complexity index is 1750. The molecule has 0 aromatic heterocycles. The van der Waals surface area contributed by atoms with E-state index in [-0.39, 0.29) is 32.0 Å². The molecule has 0 radical (unpaired) electrons. The Morgan fingerprint density at radius 3 is 0.889 bits per heavy atom. The van der Waals surface area contributed by atoms with Gasteiger partial charge in [0.1, 0.15) is 19.8 Å². The van der Waals surface area contributed by atoms with Crippen LogP contribution in [0.25, 0.3) is 0 Å². The molecule has 0 heterocycles. The molecule has 0 aliphatic rings. The van der Waals surface area contributed by atoms with Gasteiger partial charge in [-0.2, -0.15) is 0 Å². The van der Waals surface area contributed by atoms with Gasteiger partial charge in [0.2, 0.25) is 0 Å². The SMILES string of the molecule is CCCCCCC/C=C\C/C=C\C/C=C\CCCCCCCCCCCCCCCCCCCCCCCCCCCCC(=O)OC(COC(=O)CCCCCCCCCCCC/C=C\C/C=C\C/C=C\CCCCCCC)COP(=O)(O)OCC[N+](C)(C)C. The van der Waals surface area contributed by atoms with Gasteiger partial charge >= 0.3 is 19.8 Å². The Balaban J connectivity index is 3.92. The van der Waals surface area contributed by atoms with Gasteiger partial charge in [0.25, 0.3) is 0 Å². The molecule has 9 nitrogen and oxygen atoms in total. The lowest BCUT2D eigenvalue weighted by Gasteiger charge is -2.24. The van der Waals surface area contributed by atoms with E-state index in [0.29, 0.717) is 17.4 Å². The topological polar surface area (TPSA) is 108 Å². The van der Waals surface area contributed by atoms with E-state index < -0.39 is 26.5 Å². The zero-order valence-corrected chi connectivity index (χ0v) is 61.0. The maximum Gasteiger partial charge on any atom is 0.472 e. The normalized spacial score (nSPS) is 13.4. The van der Waals surface area contributed by atoms with Crippen molar-refractivity contribution in [2.75, 3.05) is 47.5 Å². The van der Waals surface area contributed by atoms with Gasteiger partial charge in [-0.3, -0.25) is 18.6 Å². The molecule has 0 bridgehead atoms. The van der Waals surface area contributed by atoms with Crippen LogP contribution in [0.4, 0.5) is 0 Å². The number of quaternary nitrogens is 1. The number of rotatable bonds is 72. The average Bonchev–Trinajstić information content (AvgIpc) is 3.62. The number of allylic oxidation sites excluding steroid dienone is 12. The first-order chi connectivity index (χ1) is 44.0. The highest BCUT2D eigenvalue weighted by Crippen LogP contribution is 2.43. The van der Waals surface area contributed by atoms with Crippen molar-refractivity contribution in [1.82, 2.24) is 0 Å². The van der Waals surface area contributed by atoms with E-state index >= 15 is 0 Å².